The molecular weight excluding hydrogens is 442 g/mol. The van der Waals surface area contributed by atoms with E-state index in [-0.39, 0.29) is 40.8 Å². The molecule has 0 bridgehead atoms. The Morgan fingerprint density at radius 2 is 1.94 bits per heavy atom. The smallest absolute Gasteiger partial charge is 0.346 e. The number of thiophene rings is 1. The van der Waals surface area contributed by atoms with E-state index in [1.165, 1.54) is 17.5 Å². The van der Waals surface area contributed by atoms with Crippen LogP contribution in [0, 0.1) is 0 Å². The molecule has 0 aliphatic carbocycles. The molecule has 2 amide bonds. The van der Waals surface area contributed by atoms with E-state index in [0.29, 0.717) is 11.3 Å². The molecule has 0 radical (unpaired) electrons. The van der Waals surface area contributed by atoms with Gasteiger partial charge in [0.15, 0.2) is 0 Å². The molecule has 0 unspecified atom stereocenters. The maximum absolute atomic E-state index is 13.1. The minimum atomic E-state index is -1.22. The fourth-order valence-corrected chi connectivity index (χ4v) is 4.46. The normalized spacial score (nSPS) is 13.3. The Hall–Kier alpha value is -3.20. The number of carboxylic acid groups (broad SMARTS) is 1. The van der Waals surface area contributed by atoms with Crippen LogP contribution in [0.1, 0.15) is 36.7 Å². The lowest BCUT2D eigenvalue weighted by Crippen LogP contribution is -2.42. The summed E-state index contributed by atoms with van der Waals surface area (Å²) in [7, 11) is 0. The van der Waals surface area contributed by atoms with Crippen molar-refractivity contribution < 1.29 is 29.3 Å². The first-order chi connectivity index (χ1) is 14.9. The maximum atomic E-state index is 13.1. The van der Waals surface area contributed by atoms with Gasteiger partial charge in [0.05, 0.1) is 29.3 Å². The van der Waals surface area contributed by atoms with E-state index in [1.807, 2.05) is 6.07 Å². The van der Waals surface area contributed by atoms with Crippen LogP contribution in [-0.4, -0.2) is 28.0 Å². The van der Waals surface area contributed by atoms with Crippen LogP contribution in [0.15, 0.2) is 47.8 Å². The summed E-state index contributed by atoms with van der Waals surface area (Å²) < 4.78 is 5.78. The molecule has 2 aromatic carbocycles. The standard InChI is InChI=1S/C22H16ClNO6S/c23-16-5-4-15(30-10-13-3-1-2-12(6-13)9-25)8-17(16)24-18(26)7-14-11-31-20(22(28)29)19(14)21(24)27/h1-6,8,11,25H,7,9-10H2,(H,28,29). The number of benzene rings is 2. The van der Waals surface area contributed by atoms with Gasteiger partial charge in [-0.05, 0) is 34.2 Å². The number of nitrogens with zero attached hydrogens (tertiary/aromatic N) is 1. The highest BCUT2D eigenvalue weighted by Crippen LogP contribution is 2.36. The van der Waals surface area contributed by atoms with Gasteiger partial charge in [-0.2, -0.15) is 0 Å². The number of aromatic carboxylic acids is 1. The van der Waals surface area contributed by atoms with Crippen LogP contribution in [0.2, 0.25) is 5.02 Å². The number of carbonyl (C=O) groups excluding carboxylic acids is 2. The van der Waals surface area contributed by atoms with Crippen LogP contribution < -0.4 is 9.64 Å². The minimum absolute atomic E-state index is 0.0142. The van der Waals surface area contributed by atoms with Crippen molar-refractivity contribution >= 4 is 46.4 Å². The van der Waals surface area contributed by atoms with Gasteiger partial charge in [0.2, 0.25) is 5.91 Å². The first kappa shape index (κ1) is 21.0. The Bertz CT molecular complexity index is 1200. The molecule has 1 aliphatic rings. The highest BCUT2D eigenvalue weighted by Gasteiger charge is 2.37. The summed E-state index contributed by atoms with van der Waals surface area (Å²) in [4.78, 5) is 38.0. The molecule has 7 nitrogen and oxygen atoms in total. The Morgan fingerprint density at radius 3 is 2.68 bits per heavy atom. The van der Waals surface area contributed by atoms with E-state index in [9.17, 15) is 24.6 Å². The molecule has 3 aromatic rings. The zero-order chi connectivity index (χ0) is 22.1. The summed E-state index contributed by atoms with van der Waals surface area (Å²) in [5, 5.41) is 20.3. The number of aliphatic hydroxyl groups excluding tert-OH is 1. The lowest BCUT2D eigenvalue weighted by molar-refractivity contribution is -0.117. The SMILES string of the molecule is O=C(O)c1scc2c1C(=O)N(c1cc(OCc3cccc(CO)c3)ccc1Cl)C(=O)C2. The van der Waals surface area contributed by atoms with Gasteiger partial charge < -0.3 is 14.9 Å². The Balaban J connectivity index is 1.63. The highest BCUT2D eigenvalue weighted by molar-refractivity contribution is 7.12. The van der Waals surface area contributed by atoms with Crippen molar-refractivity contribution in [2.45, 2.75) is 19.6 Å². The van der Waals surface area contributed by atoms with Gasteiger partial charge in [0, 0.05) is 6.07 Å². The summed E-state index contributed by atoms with van der Waals surface area (Å²) in [5.74, 6) is -2.06. The lowest BCUT2D eigenvalue weighted by atomic mass is 10.0. The van der Waals surface area contributed by atoms with Crippen LogP contribution in [0.4, 0.5) is 5.69 Å². The third-order valence-electron chi connectivity index (χ3n) is 4.81. The van der Waals surface area contributed by atoms with Crippen LogP contribution in [0.5, 0.6) is 5.75 Å². The average Bonchev–Trinajstić information content (AvgIpc) is 3.18. The summed E-state index contributed by atoms with van der Waals surface area (Å²) >= 11 is 7.19. The zero-order valence-electron chi connectivity index (χ0n) is 16.0. The number of amides is 2. The zero-order valence-corrected chi connectivity index (χ0v) is 17.6. The number of carboxylic acids is 1. The second-order valence-electron chi connectivity index (χ2n) is 6.86. The number of ether oxygens (including phenoxy) is 1. The number of hydrogen-bond acceptors (Lipinski definition) is 6. The third-order valence-corrected chi connectivity index (χ3v) is 6.14. The van der Waals surface area contributed by atoms with Gasteiger partial charge in [-0.25, -0.2) is 9.69 Å². The number of aliphatic hydroxyl groups is 1. The van der Waals surface area contributed by atoms with Gasteiger partial charge in [0.25, 0.3) is 5.91 Å². The lowest BCUT2D eigenvalue weighted by Gasteiger charge is -2.26. The number of carbonyl (C=O) groups is 3. The molecule has 0 saturated carbocycles. The Kier molecular flexibility index (Phi) is 5.77. The van der Waals surface area contributed by atoms with Crippen molar-refractivity contribution in [2.75, 3.05) is 4.90 Å². The first-order valence-corrected chi connectivity index (χ1v) is 10.5. The van der Waals surface area contributed by atoms with Crippen LogP contribution in [0.3, 0.4) is 0 Å². The highest BCUT2D eigenvalue weighted by atomic mass is 35.5. The number of imide groups is 1. The van der Waals surface area contributed by atoms with Gasteiger partial charge >= 0.3 is 5.97 Å². The fourth-order valence-electron chi connectivity index (χ4n) is 3.36. The van der Waals surface area contributed by atoms with Gasteiger partial charge in [0.1, 0.15) is 17.2 Å². The molecule has 0 spiro atoms. The number of anilines is 1. The fraction of sp³-hybridized carbons (Fsp3) is 0.136. The number of fused-ring (bicyclic) bond motifs is 1. The summed E-state index contributed by atoms with van der Waals surface area (Å²) in [6.07, 6.45) is -0.0970. The van der Waals surface area contributed by atoms with Crippen molar-refractivity contribution in [1.29, 1.82) is 0 Å². The van der Waals surface area contributed by atoms with E-state index in [2.05, 4.69) is 0 Å². The second-order valence-corrected chi connectivity index (χ2v) is 8.15. The first-order valence-electron chi connectivity index (χ1n) is 9.21. The van der Waals surface area contributed by atoms with E-state index in [4.69, 9.17) is 16.3 Å². The summed E-state index contributed by atoms with van der Waals surface area (Å²) in [6, 6.07) is 11.9. The van der Waals surface area contributed by atoms with Gasteiger partial charge in [-0.15, -0.1) is 11.3 Å². The number of halogens is 1. The predicted molar refractivity (Wildman–Crippen MR) is 115 cm³/mol. The Morgan fingerprint density at radius 1 is 1.16 bits per heavy atom. The summed E-state index contributed by atoms with van der Waals surface area (Å²) in [6.45, 7) is 0.121. The van der Waals surface area contributed by atoms with E-state index in [0.717, 1.165) is 27.4 Å². The molecule has 9 heteroatoms. The maximum Gasteiger partial charge on any atom is 0.346 e. The van der Waals surface area contributed by atoms with E-state index >= 15 is 0 Å². The Labute approximate surface area is 186 Å². The molecule has 0 fully saturated rings. The van der Waals surface area contributed by atoms with Gasteiger partial charge in [-0.3, -0.25) is 9.59 Å². The van der Waals surface area contributed by atoms with Gasteiger partial charge in [-0.1, -0.05) is 35.9 Å². The minimum Gasteiger partial charge on any atom is -0.489 e. The van der Waals surface area contributed by atoms with Crippen LogP contribution >= 0.6 is 22.9 Å². The molecule has 1 aliphatic heterocycles. The number of hydrogen-bond donors (Lipinski definition) is 2. The predicted octanol–water partition coefficient (Wildman–Crippen LogP) is 3.90. The second kappa shape index (κ2) is 8.50. The van der Waals surface area contributed by atoms with Crippen molar-refractivity contribution in [3.05, 3.63) is 80.0 Å². The summed E-state index contributed by atoms with van der Waals surface area (Å²) in [5.41, 5.74) is 2.14. The molecule has 1 aromatic heterocycles. The van der Waals surface area contributed by atoms with E-state index < -0.39 is 17.8 Å². The topological polar surface area (TPSA) is 104 Å². The van der Waals surface area contributed by atoms with Crippen molar-refractivity contribution in [2.24, 2.45) is 0 Å². The quantitative estimate of drug-likeness (QED) is 0.544. The van der Waals surface area contributed by atoms with Crippen LogP contribution in [0.25, 0.3) is 0 Å². The molecular formula is C22H16ClNO6S. The molecule has 158 valence electrons. The van der Waals surface area contributed by atoms with Crippen molar-refractivity contribution in [3.8, 4) is 5.75 Å². The molecule has 0 atom stereocenters. The number of rotatable bonds is 6. The van der Waals surface area contributed by atoms with Crippen molar-refractivity contribution in [3.63, 3.8) is 0 Å². The van der Waals surface area contributed by atoms with Crippen molar-refractivity contribution in [1.82, 2.24) is 0 Å². The van der Waals surface area contributed by atoms with Crippen LogP contribution in [-0.2, 0) is 24.4 Å². The molecule has 31 heavy (non-hydrogen) atoms. The average molecular weight is 458 g/mol. The van der Waals surface area contributed by atoms with E-state index in [1.54, 1.807) is 24.3 Å². The molecule has 0 saturated heterocycles. The molecule has 2 N–H and O–H groups in total. The third kappa shape index (κ3) is 4.05. The molecule has 4 rings (SSSR count). The molecule has 2 heterocycles. The monoisotopic (exact) mass is 457 g/mol. The largest absolute Gasteiger partial charge is 0.489 e.